The van der Waals surface area contributed by atoms with Gasteiger partial charge in [-0.25, -0.2) is 0 Å². The number of hydrogen-bond donors (Lipinski definition) is 4. The number of hydrogen-bond acceptors (Lipinski definition) is 6. The molecule has 6 heteroatoms. The van der Waals surface area contributed by atoms with Gasteiger partial charge in [0.25, 0.3) is 10.9 Å². The van der Waals surface area contributed by atoms with Crippen LogP contribution in [0.15, 0.2) is 82.4 Å². The van der Waals surface area contributed by atoms with Crippen LogP contribution in [0.3, 0.4) is 0 Å². The average Bonchev–Trinajstić information content (AvgIpc) is 2.75. The second-order valence-electron chi connectivity index (χ2n) is 7.06. The molecule has 4 N–H and O–H groups in total. The molecule has 6 nitrogen and oxygen atoms in total. The fraction of sp³-hybridized carbons (Fsp3) is 0.0833. The molecule has 0 saturated carbocycles. The zero-order valence-corrected chi connectivity index (χ0v) is 16.1. The van der Waals surface area contributed by atoms with Crippen molar-refractivity contribution in [1.29, 1.82) is 0 Å². The zero-order valence-electron chi connectivity index (χ0n) is 16.1. The minimum atomic E-state index is -0.592. The molecule has 0 fully saturated rings. The maximum absolute atomic E-state index is 12.1. The number of phenolic OH excluding ortho intramolecular Hbond substituents is 2. The van der Waals surface area contributed by atoms with E-state index >= 15 is 0 Å². The first kappa shape index (κ1) is 19.3. The van der Waals surface area contributed by atoms with Crippen molar-refractivity contribution < 1.29 is 10.2 Å². The maximum Gasteiger partial charge on any atom is 0.253 e. The van der Waals surface area contributed by atoms with E-state index in [2.05, 4.69) is 10.6 Å². The van der Waals surface area contributed by atoms with Gasteiger partial charge in [-0.05, 0) is 41.5 Å². The summed E-state index contributed by atoms with van der Waals surface area (Å²) in [6.45, 7) is 0.294. The highest BCUT2D eigenvalue weighted by Crippen LogP contribution is 2.27. The van der Waals surface area contributed by atoms with Gasteiger partial charge in [0, 0.05) is 24.2 Å². The van der Waals surface area contributed by atoms with Gasteiger partial charge in [0.15, 0.2) is 0 Å². The molecule has 4 rings (SSSR count). The van der Waals surface area contributed by atoms with Crippen LogP contribution in [-0.4, -0.2) is 10.2 Å². The molecule has 0 amide bonds. The summed E-state index contributed by atoms with van der Waals surface area (Å²) in [7, 11) is 0. The summed E-state index contributed by atoms with van der Waals surface area (Å²) in [4.78, 5) is 24.1. The van der Waals surface area contributed by atoms with Crippen LogP contribution in [0.25, 0.3) is 0 Å². The first-order valence-corrected chi connectivity index (χ1v) is 9.49. The molecule has 0 saturated heterocycles. The van der Waals surface area contributed by atoms with Gasteiger partial charge in [-0.1, -0.05) is 42.5 Å². The monoisotopic (exact) mass is 400 g/mol. The maximum atomic E-state index is 12.1. The van der Waals surface area contributed by atoms with Crippen LogP contribution in [-0.2, 0) is 13.0 Å². The van der Waals surface area contributed by atoms with Gasteiger partial charge in [0.2, 0.25) is 0 Å². The Bertz CT molecular complexity index is 1260. The third kappa shape index (κ3) is 4.03. The van der Waals surface area contributed by atoms with Gasteiger partial charge in [0.05, 0.1) is 0 Å². The average molecular weight is 400 g/mol. The minimum Gasteiger partial charge on any atom is -0.508 e. The van der Waals surface area contributed by atoms with Crippen molar-refractivity contribution in [3.8, 4) is 11.5 Å². The van der Waals surface area contributed by atoms with Crippen molar-refractivity contribution in [2.75, 3.05) is 10.6 Å². The van der Waals surface area contributed by atoms with Gasteiger partial charge in [-0.15, -0.1) is 0 Å². The fourth-order valence-electron chi connectivity index (χ4n) is 3.30. The predicted molar refractivity (Wildman–Crippen MR) is 117 cm³/mol. The molecule has 4 aromatic carbocycles. The summed E-state index contributed by atoms with van der Waals surface area (Å²) in [5.74, 6) is 0.296. The van der Waals surface area contributed by atoms with Gasteiger partial charge >= 0.3 is 0 Å². The molecule has 0 unspecified atom stereocenters. The van der Waals surface area contributed by atoms with E-state index < -0.39 is 10.9 Å². The van der Waals surface area contributed by atoms with Crippen LogP contribution >= 0.6 is 0 Å². The number of phenols is 2. The largest absolute Gasteiger partial charge is 0.508 e. The number of benzene rings is 3. The van der Waals surface area contributed by atoms with Crippen molar-refractivity contribution in [3.63, 3.8) is 0 Å². The molecule has 0 spiro atoms. The third-order valence-corrected chi connectivity index (χ3v) is 4.88. The third-order valence-electron chi connectivity index (χ3n) is 4.88. The molecule has 0 aliphatic carbocycles. The van der Waals surface area contributed by atoms with Crippen molar-refractivity contribution >= 4 is 17.1 Å². The van der Waals surface area contributed by atoms with Crippen molar-refractivity contribution in [2.45, 2.75) is 13.0 Å². The van der Waals surface area contributed by atoms with Crippen LogP contribution in [0.5, 0.6) is 11.5 Å². The zero-order chi connectivity index (χ0) is 21.1. The topological polar surface area (TPSA) is 98.7 Å². The summed E-state index contributed by atoms with van der Waals surface area (Å²) in [6, 6.07) is 21.4. The van der Waals surface area contributed by atoms with Gasteiger partial charge in [-0.2, -0.15) is 0 Å². The number of aromatic hydroxyl groups is 2. The van der Waals surface area contributed by atoms with Gasteiger partial charge in [-0.3, -0.25) is 9.59 Å². The Balaban J connectivity index is 1.52. The molecular formula is C24H20N2O4. The molecule has 0 aliphatic heterocycles. The lowest BCUT2D eigenvalue weighted by molar-refractivity contribution is 0.469. The first-order valence-electron chi connectivity index (χ1n) is 9.49. The van der Waals surface area contributed by atoms with Gasteiger partial charge < -0.3 is 20.8 Å². The Morgan fingerprint density at radius 3 is 2.23 bits per heavy atom. The second kappa shape index (κ2) is 8.13. The molecule has 0 atom stereocenters. The summed E-state index contributed by atoms with van der Waals surface area (Å²) in [5.41, 5.74) is 2.37. The van der Waals surface area contributed by atoms with E-state index in [1.54, 1.807) is 42.5 Å². The number of anilines is 3. The quantitative estimate of drug-likeness (QED) is 0.279. The highest BCUT2D eigenvalue weighted by Gasteiger charge is 2.21. The van der Waals surface area contributed by atoms with Crippen LogP contribution in [0.4, 0.5) is 17.1 Å². The molecule has 150 valence electrons. The molecule has 0 aromatic heterocycles. The SMILES string of the molecule is O=c1c(NCc2cccc(O)c2)c(Nc2ccc(O)c(Cc3ccccc3)c2)c1=O. The molecule has 0 bridgehead atoms. The van der Waals surface area contributed by atoms with E-state index in [4.69, 9.17) is 0 Å². The molecular weight excluding hydrogens is 380 g/mol. The Morgan fingerprint density at radius 2 is 1.47 bits per heavy atom. The van der Waals surface area contributed by atoms with Crippen LogP contribution in [0.1, 0.15) is 16.7 Å². The molecule has 30 heavy (non-hydrogen) atoms. The highest BCUT2D eigenvalue weighted by atomic mass is 16.3. The summed E-state index contributed by atoms with van der Waals surface area (Å²) >= 11 is 0. The van der Waals surface area contributed by atoms with E-state index in [0.29, 0.717) is 24.2 Å². The number of nitrogens with one attached hydrogen (secondary N) is 2. The highest BCUT2D eigenvalue weighted by molar-refractivity contribution is 5.79. The predicted octanol–water partition coefficient (Wildman–Crippen LogP) is 3.64. The van der Waals surface area contributed by atoms with Crippen LogP contribution in [0.2, 0.25) is 0 Å². The van der Waals surface area contributed by atoms with Crippen molar-refractivity contribution in [1.82, 2.24) is 0 Å². The fourth-order valence-corrected chi connectivity index (χ4v) is 3.30. The first-order chi connectivity index (χ1) is 14.5. The summed E-state index contributed by atoms with van der Waals surface area (Å²) < 4.78 is 0. The lowest BCUT2D eigenvalue weighted by atomic mass is 10.0. The molecule has 0 aliphatic rings. The number of rotatable bonds is 7. The molecule has 0 heterocycles. The Hall–Kier alpha value is -4.06. The lowest BCUT2D eigenvalue weighted by Gasteiger charge is -2.16. The van der Waals surface area contributed by atoms with E-state index in [1.807, 2.05) is 30.3 Å². The molecule has 4 aromatic rings. The van der Waals surface area contributed by atoms with E-state index in [0.717, 1.165) is 11.1 Å². The molecule has 0 radical (unpaired) electrons. The van der Waals surface area contributed by atoms with Gasteiger partial charge in [0.1, 0.15) is 22.9 Å². The Morgan fingerprint density at radius 1 is 0.733 bits per heavy atom. The van der Waals surface area contributed by atoms with E-state index in [1.165, 1.54) is 0 Å². The lowest BCUT2D eigenvalue weighted by Crippen LogP contribution is -2.36. The smallest absolute Gasteiger partial charge is 0.253 e. The van der Waals surface area contributed by atoms with E-state index in [-0.39, 0.29) is 22.9 Å². The van der Waals surface area contributed by atoms with Crippen molar-refractivity contribution in [2.24, 2.45) is 0 Å². The minimum absolute atomic E-state index is 0.132. The Labute approximate surface area is 172 Å². The van der Waals surface area contributed by atoms with E-state index in [9.17, 15) is 19.8 Å². The summed E-state index contributed by atoms with van der Waals surface area (Å²) in [6.07, 6.45) is 0.538. The normalized spacial score (nSPS) is 10.8. The summed E-state index contributed by atoms with van der Waals surface area (Å²) in [5, 5.41) is 25.7. The second-order valence-corrected chi connectivity index (χ2v) is 7.06. The van der Waals surface area contributed by atoms with Crippen molar-refractivity contribution in [3.05, 3.63) is 110 Å². The van der Waals surface area contributed by atoms with Crippen LogP contribution in [0, 0.1) is 0 Å². The standard InChI is InChI=1S/C24H20N2O4/c27-19-8-4-7-16(12-19)14-25-21-22(24(30)23(21)29)26-18-9-10-20(28)17(13-18)11-15-5-2-1-3-6-15/h1-10,12-13,25-28H,11,14H2. The Kier molecular flexibility index (Phi) is 5.22. The van der Waals surface area contributed by atoms with Crippen LogP contribution < -0.4 is 21.5 Å².